The molecule has 6 heteroatoms. The fourth-order valence-corrected chi connectivity index (χ4v) is 5.68. The van der Waals surface area contributed by atoms with Gasteiger partial charge in [-0.2, -0.15) is 8.42 Å². The SMILES string of the molecule is CCCc1ccc2c(c1)Sc1ccc(CCC)cc1N2C(CC)S(=O)(=O)O. The Morgan fingerprint density at radius 2 is 1.56 bits per heavy atom. The lowest BCUT2D eigenvalue weighted by Gasteiger charge is -2.37. The minimum Gasteiger partial charge on any atom is -0.320 e. The quantitative estimate of drug-likeness (QED) is 0.588. The highest BCUT2D eigenvalue weighted by Gasteiger charge is 2.35. The average molecular weight is 406 g/mol. The first-order chi connectivity index (χ1) is 12.9. The van der Waals surface area contributed by atoms with Gasteiger partial charge in [-0.1, -0.05) is 57.5 Å². The van der Waals surface area contributed by atoms with Gasteiger partial charge in [0.2, 0.25) is 0 Å². The highest BCUT2D eigenvalue weighted by atomic mass is 32.2. The second-order valence-electron chi connectivity index (χ2n) is 6.95. The summed E-state index contributed by atoms with van der Waals surface area (Å²) in [5, 5.41) is -0.996. The molecule has 0 amide bonds. The van der Waals surface area contributed by atoms with Gasteiger partial charge < -0.3 is 4.90 Å². The second-order valence-corrected chi connectivity index (χ2v) is 9.61. The van der Waals surface area contributed by atoms with E-state index in [2.05, 4.69) is 44.2 Å². The Labute approximate surface area is 166 Å². The second kappa shape index (κ2) is 8.25. The summed E-state index contributed by atoms with van der Waals surface area (Å²) in [7, 11) is -4.23. The van der Waals surface area contributed by atoms with Crippen molar-refractivity contribution in [1.82, 2.24) is 0 Å². The summed E-state index contributed by atoms with van der Waals surface area (Å²) in [6, 6.07) is 12.5. The fraction of sp³-hybridized carbons (Fsp3) is 0.429. The van der Waals surface area contributed by atoms with Gasteiger partial charge in [-0.15, -0.1) is 0 Å². The van der Waals surface area contributed by atoms with Crippen molar-refractivity contribution in [3.05, 3.63) is 47.5 Å². The van der Waals surface area contributed by atoms with E-state index in [4.69, 9.17) is 0 Å². The van der Waals surface area contributed by atoms with E-state index in [1.54, 1.807) is 18.7 Å². The molecule has 1 aliphatic rings. The van der Waals surface area contributed by atoms with E-state index in [1.807, 2.05) is 11.0 Å². The molecule has 0 fully saturated rings. The number of hydrogen-bond donors (Lipinski definition) is 1. The maximum absolute atomic E-state index is 12.2. The summed E-state index contributed by atoms with van der Waals surface area (Å²) in [5.74, 6) is 0. The summed E-state index contributed by atoms with van der Waals surface area (Å²) in [6.45, 7) is 6.07. The van der Waals surface area contributed by atoms with Crippen molar-refractivity contribution in [2.24, 2.45) is 0 Å². The minimum absolute atomic E-state index is 0.303. The third kappa shape index (κ3) is 4.18. The van der Waals surface area contributed by atoms with Crippen LogP contribution in [-0.4, -0.2) is 18.3 Å². The minimum atomic E-state index is -4.23. The molecule has 2 aromatic rings. The highest BCUT2D eigenvalue weighted by molar-refractivity contribution is 7.99. The first-order valence-electron chi connectivity index (χ1n) is 9.58. The summed E-state index contributed by atoms with van der Waals surface area (Å²) in [4.78, 5) is 3.88. The van der Waals surface area contributed by atoms with E-state index in [0.29, 0.717) is 6.42 Å². The smallest absolute Gasteiger partial charge is 0.286 e. The van der Waals surface area contributed by atoms with Crippen LogP contribution >= 0.6 is 11.8 Å². The Bertz CT molecular complexity index is 925. The molecule has 2 aromatic carbocycles. The molecule has 0 bridgehead atoms. The van der Waals surface area contributed by atoms with E-state index in [1.165, 1.54) is 11.1 Å². The van der Waals surface area contributed by atoms with Crippen LogP contribution in [0, 0.1) is 0 Å². The van der Waals surface area contributed by atoms with Gasteiger partial charge in [0.15, 0.2) is 5.37 Å². The van der Waals surface area contributed by atoms with Crippen molar-refractivity contribution in [2.45, 2.75) is 68.0 Å². The predicted molar refractivity (Wildman–Crippen MR) is 113 cm³/mol. The van der Waals surface area contributed by atoms with Crippen LogP contribution in [0.1, 0.15) is 51.2 Å². The molecule has 0 saturated heterocycles. The number of benzene rings is 2. The Kier molecular flexibility index (Phi) is 6.18. The lowest BCUT2D eigenvalue weighted by molar-refractivity contribution is 0.464. The van der Waals surface area contributed by atoms with Crippen molar-refractivity contribution in [1.29, 1.82) is 0 Å². The predicted octanol–water partition coefficient (Wildman–Crippen LogP) is 5.82. The maximum Gasteiger partial charge on any atom is 0.286 e. The van der Waals surface area contributed by atoms with Crippen LogP contribution in [0.2, 0.25) is 0 Å². The summed E-state index contributed by atoms with van der Waals surface area (Å²) < 4.78 is 34.3. The van der Waals surface area contributed by atoms with Crippen molar-refractivity contribution in [3.63, 3.8) is 0 Å². The fourth-order valence-electron chi connectivity index (χ4n) is 3.65. The van der Waals surface area contributed by atoms with E-state index in [9.17, 15) is 13.0 Å². The molecule has 146 valence electrons. The molecule has 1 N–H and O–H groups in total. The van der Waals surface area contributed by atoms with Gasteiger partial charge in [0, 0.05) is 9.79 Å². The molecule has 0 spiro atoms. The summed E-state index contributed by atoms with van der Waals surface area (Å²) in [6.07, 6.45) is 4.32. The zero-order valence-corrected chi connectivity index (χ0v) is 17.7. The van der Waals surface area contributed by atoms with E-state index in [-0.39, 0.29) is 0 Å². The Morgan fingerprint density at radius 3 is 2.15 bits per heavy atom. The first-order valence-corrected chi connectivity index (χ1v) is 11.9. The first kappa shape index (κ1) is 20.2. The van der Waals surface area contributed by atoms with E-state index >= 15 is 0 Å². The molecule has 1 atom stereocenters. The third-order valence-electron chi connectivity index (χ3n) is 4.84. The monoisotopic (exact) mass is 405 g/mol. The van der Waals surface area contributed by atoms with Crippen LogP contribution in [0.5, 0.6) is 0 Å². The normalized spacial score (nSPS) is 14.6. The summed E-state index contributed by atoms with van der Waals surface area (Å²) in [5.41, 5.74) is 4.14. The van der Waals surface area contributed by atoms with Crippen LogP contribution < -0.4 is 4.90 Å². The zero-order valence-electron chi connectivity index (χ0n) is 16.1. The van der Waals surface area contributed by atoms with Crippen LogP contribution in [0.4, 0.5) is 11.4 Å². The van der Waals surface area contributed by atoms with Crippen LogP contribution in [0.25, 0.3) is 0 Å². The number of aryl methyl sites for hydroxylation is 2. The molecule has 3 rings (SSSR count). The van der Waals surface area contributed by atoms with Crippen LogP contribution in [-0.2, 0) is 23.0 Å². The van der Waals surface area contributed by atoms with Crippen LogP contribution in [0.15, 0.2) is 46.2 Å². The van der Waals surface area contributed by atoms with Crippen LogP contribution in [0.3, 0.4) is 0 Å². The Balaban J connectivity index is 2.18. The van der Waals surface area contributed by atoms with Gasteiger partial charge in [-0.25, -0.2) is 0 Å². The lowest BCUT2D eigenvalue weighted by atomic mass is 10.1. The number of hydrogen-bond acceptors (Lipinski definition) is 4. The zero-order chi connectivity index (χ0) is 19.6. The molecule has 1 aliphatic heterocycles. The molecule has 0 aromatic heterocycles. The third-order valence-corrected chi connectivity index (χ3v) is 7.19. The average Bonchev–Trinajstić information content (AvgIpc) is 2.61. The molecule has 0 saturated carbocycles. The number of fused-ring (bicyclic) bond motifs is 2. The molecule has 0 radical (unpaired) electrons. The van der Waals surface area contributed by atoms with Gasteiger partial charge in [0.1, 0.15) is 0 Å². The Morgan fingerprint density at radius 1 is 0.926 bits per heavy atom. The number of nitrogens with zero attached hydrogens (tertiary/aromatic N) is 1. The molecule has 27 heavy (non-hydrogen) atoms. The summed E-state index contributed by atoms with van der Waals surface area (Å²) >= 11 is 1.67. The standard InChI is InChI=1S/C21H27NO3S2/c1-4-7-15-10-12-19-18(13-15)22(21(6-3)27(23,24)25)17-11-9-16(8-5-2)14-20(17)26-19/h9-14,21H,4-8H2,1-3H3,(H,23,24,25). The van der Waals surface area contributed by atoms with Crippen molar-refractivity contribution in [3.8, 4) is 0 Å². The number of rotatable bonds is 7. The number of anilines is 2. The van der Waals surface area contributed by atoms with Crippen molar-refractivity contribution in [2.75, 3.05) is 4.90 Å². The van der Waals surface area contributed by atoms with Gasteiger partial charge in [-0.05, 0) is 54.7 Å². The molecular weight excluding hydrogens is 378 g/mol. The van der Waals surface area contributed by atoms with Gasteiger partial charge in [0.05, 0.1) is 11.4 Å². The van der Waals surface area contributed by atoms with Crippen molar-refractivity contribution < 1.29 is 13.0 Å². The van der Waals surface area contributed by atoms with E-state index < -0.39 is 15.5 Å². The molecule has 4 nitrogen and oxygen atoms in total. The van der Waals surface area contributed by atoms with Crippen molar-refractivity contribution >= 4 is 33.3 Å². The lowest BCUT2D eigenvalue weighted by Crippen LogP contribution is -2.38. The maximum atomic E-state index is 12.2. The Hall–Kier alpha value is -1.50. The molecular formula is C21H27NO3S2. The molecule has 1 heterocycles. The highest BCUT2D eigenvalue weighted by Crippen LogP contribution is 2.50. The topological polar surface area (TPSA) is 57.6 Å². The van der Waals surface area contributed by atoms with E-state index in [0.717, 1.165) is 46.8 Å². The largest absolute Gasteiger partial charge is 0.320 e. The van der Waals surface area contributed by atoms with Gasteiger partial charge in [-0.3, -0.25) is 4.55 Å². The van der Waals surface area contributed by atoms with Gasteiger partial charge >= 0.3 is 0 Å². The molecule has 0 aliphatic carbocycles. The molecule has 1 unspecified atom stereocenters. The van der Waals surface area contributed by atoms with Gasteiger partial charge in [0.25, 0.3) is 10.1 Å².